The maximum atomic E-state index is 5.11. The lowest BCUT2D eigenvalue weighted by molar-refractivity contribution is 1.25. The molecule has 226 valence electrons. The Kier molecular flexibility index (Phi) is 16.2. The van der Waals surface area contributed by atoms with E-state index in [1.165, 1.54) is 0 Å². The van der Waals surface area contributed by atoms with E-state index in [0.29, 0.717) is 0 Å². The van der Waals surface area contributed by atoms with Crippen LogP contribution in [0, 0.1) is 0 Å². The zero-order valence-corrected chi connectivity index (χ0v) is 27.8. The predicted molar refractivity (Wildman–Crippen MR) is 195 cm³/mol. The average Bonchev–Trinajstić information content (AvgIpc) is 3.16. The molecule has 0 radical (unpaired) electrons. The van der Waals surface area contributed by atoms with Crippen LogP contribution in [0.1, 0.15) is 55.4 Å². The normalized spacial score (nSPS) is 9.36. The first kappa shape index (κ1) is 35.4. The van der Waals surface area contributed by atoms with E-state index < -0.39 is 0 Å². The largest absolute Gasteiger partial charge is 0.246 e. The van der Waals surface area contributed by atoms with E-state index in [4.69, 9.17) is 9.97 Å². The zero-order valence-electron chi connectivity index (χ0n) is 27.8. The van der Waals surface area contributed by atoms with Gasteiger partial charge >= 0.3 is 0 Å². The van der Waals surface area contributed by atoms with Gasteiger partial charge in [-0.15, -0.1) is 0 Å². The van der Waals surface area contributed by atoms with Crippen molar-refractivity contribution < 1.29 is 0 Å². The van der Waals surface area contributed by atoms with Gasteiger partial charge in [-0.25, -0.2) is 9.97 Å². The van der Waals surface area contributed by atoms with Gasteiger partial charge in [0.05, 0.1) is 22.8 Å². The fraction of sp³-hybridized carbons (Fsp3) is 0.190. The van der Waals surface area contributed by atoms with Crippen LogP contribution in [-0.2, 0) is 0 Å². The molecule has 0 bridgehead atoms. The summed E-state index contributed by atoms with van der Waals surface area (Å²) in [4.78, 5) is 10.2. The molecule has 0 saturated carbocycles. The Morgan fingerprint density at radius 2 is 0.477 bits per heavy atom. The van der Waals surface area contributed by atoms with Gasteiger partial charge in [0.25, 0.3) is 0 Å². The van der Waals surface area contributed by atoms with Gasteiger partial charge in [0, 0.05) is 11.1 Å². The van der Waals surface area contributed by atoms with E-state index in [9.17, 15) is 0 Å². The van der Waals surface area contributed by atoms with Crippen LogP contribution >= 0.6 is 0 Å². The molecule has 0 aliphatic rings. The van der Waals surface area contributed by atoms with Crippen LogP contribution in [0.4, 0.5) is 0 Å². The molecule has 44 heavy (non-hydrogen) atoms. The molecule has 2 heteroatoms. The second-order valence-corrected chi connectivity index (χ2v) is 8.72. The van der Waals surface area contributed by atoms with E-state index >= 15 is 0 Å². The van der Waals surface area contributed by atoms with Gasteiger partial charge in [-0.05, 0) is 46.5 Å². The summed E-state index contributed by atoms with van der Waals surface area (Å²) in [7, 11) is 0. The highest BCUT2D eigenvalue weighted by atomic mass is 14.8. The highest BCUT2D eigenvalue weighted by molar-refractivity contribution is 5.79. The second kappa shape index (κ2) is 20.1. The second-order valence-electron chi connectivity index (χ2n) is 8.72. The molecular formula is C42H48N2. The molecule has 0 saturated heterocycles. The topological polar surface area (TPSA) is 25.8 Å². The Hall–Kier alpha value is -4.82. The Bertz CT molecular complexity index is 1350. The van der Waals surface area contributed by atoms with Gasteiger partial charge in [0.15, 0.2) is 0 Å². The van der Waals surface area contributed by atoms with Crippen LogP contribution in [-0.4, -0.2) is 9.97 Å². The summed E-state index contributed by atoms with van der Waals surface area (Å²) in [5.74, 6) is 0. The molecule has 0 amide bonds. The van der Waals surface area contributed by atoms with Gasteiger partial charge in [0.1, 0.15) is 0 Å². The number of pyridine rings is 2. The minimum absolute atomic E-state index is 0.852. The van der Waals surface area contributed by atoms with Crippen LogP contribution in [0.25, 0.3) is 56.2 Å². The van der Waals surface area contributed by atoms with E-state index in [-0.39, 0.29) is 0 Å². The number of rotatable bonds is 5. The molecule has 4 aromatic carbocycles. The predicted octanol–water partition coefficient (Wildman–Crippen LogP) is 12.9. The third kappa shape index (κ3) is 9.61. The monoisotopic (exact) mass is 580 g/mol. The summed E-state index contributed by atoms with van der Waals surface area (Å²) in [5, 5.41) is 0. The van der Waals surface area contributed by atoms with Crippen molar-refractivity contribution in [1.82, 2.24) is 9.97 Å². The highest BCUT2D eigenvalue weighted by Gasteiger charge is 2.13. The molecule has 0 fully saturated rings. The summed E-state index contributed by atoms with van der Waals surface area (Å²) in [6, 6.07) is 50.2. The first-order valence-corrected chi connectivity index (χ1v) is 16.1. The van der Waals surface area contributed by atoms with Crippen molar-refractivity contribution in [3.63, 3.8) is 0 Å². The van der Waals surface area contributed by atoms with Crippen LogP contribution in [0.5, 0.6) is 0 Å². The quantitative estimate of drug-likeness (QED) is 0.203. The van der Waals surface area contributed by atoms with Crippen molar-refractivity contribution in [3.05, 3.63) is 146 Å². The highest BCUT2D eigenvalue weighted by Crippen LogP contribution is 2.33. The van der Waals surface area contributed by atoms with Crippen LogP contribution in [0.15, 0.2) is 146 Å². The standard InChI is InChI=1S/C34H24N2.4C2H6/c1-5-13-25(14-6-1)29-21-31(27-17-9-3-10-18-27)35-33(23-29)34-24-30(26-15-7-2-8-16-26)22-32(36-34)28-19-11-4-12-20-28;4*1-2/h1-24H;4*1-2H3. The summed E-state index contributed by atoms with van der Waals surface area (Å²) in [6.07, 6.45) is 0. The third-order valence-corrected chi connectivity index (χ3v) is 6.27. The number of hydrogen-bond acceptors (Lipinski definition) is 2. The van der Waals surface area contributed by atoms with Crippen molar-refractivity contribution in [1.29, 1.82) is 0 Å². The van der Waals surface area contributed by atoms with Gasteiger partial charge in [-0.1, -0.05) is 177 Å². The molecule has 2 heterocycles. The Labute approximate surface area is 266 Å². The van der Waals surface area contributed by atoms with E-state index in [1.54, 1.807) is 0 Å². The average molecular weight is 581 g/mol. The van der Waals surface area contributed by atoms with E-state index in [0.717, 1.165) is 56.2 Å². The number of benzene rings is 4. The van der Waals surface area contributed by atoms with Gasteiger partial charge in [-0.3, -0.25) is 0 Å². The lowest BCUT2D eigenvalue weighted by Gasteiger charge is -2.13. The zero-order chi connectivity index (χ0) is 32.2. The van der Waals surface area contributed by atoms with E-state index in [1.807, 2.05) is 104 Å². The minimum atomic E-state index is 0.852. The molecule has 2 aromatic heterocycles. The summed E-state index contributed by atoms with van der Waals surface area (Å²) >= 11 is 0. The van der Waals surface area contributed by atoms with Crippen molar-refractivity contribution in [2.24, 2.45) is 0 Å². The molecule has 6 aromatic rings. The van der Waals surface area contributed by atoms with Crippen LogP contribution in [0.2, 0.25) is 0 Å². The van der Waals surface area contributed by atoms with Crippen molar-refractivity contribution in [2.45, 2.75) is 55.4 Å². The maximum absolute atomic E-state index is 5.11. The van der Waals surface area contributed by atoms with Crippen molar-refractivity contribution >= 4 is 0 Å². The minimum Gasteiger partial charge on any atom is -0.246 e. The SMILES string of the molecule is CC.CC.CC.CC.c1ccc(-c2cc(-c3ccccc3)nc(-c3cc(-c4ccccc4)cc(-c4ccccc4)n3)c2)cc1. The first-order valence-electron chi connectivity index (χ1n) is 16.1. The van der Waals surface area contributed by atoms with Gasteiger partial charge in [0.2, 0.25) is 0 Å². The molecule has 6 rings (SSSR count). The number of hydrogen-bond donors (Lipinski definition) is 0. The molecule has 0 unspecified atom stereocenters. The summed E-state index contributed by atoms with van der Waals surface area (Å²) in [6.45, 7) is 16.0. The van der Waals surface area contributed by atoms with Gasteiger partial charge in [-0.2, -0.15) is 0 Å². The van der Waals surface area contributed by atoms with E-state index in [2.05, 4.69) is 97.1 Å². The number of nitrogens with zero attached hydrogens (tertiary/aromatic N) is 2. The molecule has 2 nitrogen and oxygen atoms in total. The fourth-order valence-electron chi connectivity index (χ4n) is 4.43. The summed E-state index contributed by atoms with van der Waals surface area (Å²) in [5.41, 5.74) is 10.3. The Morgan fingerprint density at radius 1 is 0.250 bits per heavy atom. The maximum Gasteiger partial charge on any atom is 0.0900 e. The Morgan fingerprint density at radius 3 is 0.750 bits per heavy atom. The summed E-state index contributed by atoms with van der Waals surface area (Å²) < 4.78 is 0. The lowest BCUT2D eigenvalue weighted by Crippen LogP contribution is -1.95. The third-order valence-electron chi connectivity index (χ3n) is 6.27. The molecule has 0 aliphatic carbocycles. The smallest absolute Gasteiger partial charge is 0.0900 e. The van der Waals surface area contributed by atoms with Crippen LogP contribution in [0.3, 0.4) is 0 Å². The van der Waals surface area contributed by atoms with Crippen LogP contribution < -0.4 is 0 Å². The Balaban J connectivity index is 0.000000783. The molecular weight excluding hydrogens is 532 g/mol. The first-order chi connectivity index (χ1) is 21.8. The molecule has 0 N–H and O–H groups in total. The van der Waals surface area contributed by atoms with Crippen molar-refractivity contribution in [2.75, 3.05) is 0 Å². The van der Waals surface area contributed by atoms with Crippen molar-refractivity contribution in [3.8, 4) is 56.2 Å². The molecule has 0 spiro atoms. The van der Waals surface area contributed by atoms with Gasteiger partial charge < -0.3 is 0 Å². The number of aromatic nitrogens is 2. The lowest BCUT2D eigenvalue weighted by atomic mass is 9.99. The fourth-order valence-corrected chi connectivity index (χ4v) is 4.43. The molecule has 0 atom stereocenters. The molecule has 0 aliphatic heterocycles.